The van der Waals surface area contributed by atoms with Crippen molar-refractivity contribution in [1.29, 1.82) is 0 Å². The van der Waals surface area contributed by atoms with E-state index in [1.165, 1.54) is 18.2 Å². The van der Waals surface area contributed by atoms with Gasteiger partial charge in [-0.05, 0) is 36.8 Å². The number of ether oxygens (including phenoxy) is 1. The summed E-state index contributed by atoms with van der Waals surface area (Å²) in [7, 11) is 0. The van der Waals surface area contributed by atoms with Crippen molar-refractivity contribution in [3.8, 4) is 5.75 Å². The van der Waals surface area contributed by atoms with E-state index in [0.717, 1.165) is 17.7 Å². The number of hydrogen-bond donors (Lipinski definition) is 1. The molecule has 25 heavy (non-hydrogen) atoms. The molecular formula is C19H18F3NO2. The van der Waals surface area contributed by atoms with E-state index in [4.69, 9.17) is 4.74 Å². The first kappa shape index (κ1) is 18.6. The number of halogens is 3. The molecule has 0 atom stereocenters. The average molecular weight is 349 g/mol. The molecule has 0 heterocycles. The number of benzene rings is 2. The second-order valence-corrected chi connectivity index (χ2v) is 5.22. The molecule has 0 aliphatic rings. The zero-order valence-electron chi connectivity index (χ0n) is 13.6. The molecule has 3 nitrogen and oxygen atoms in total. The second-order valence-electron chi connectivity index (χ2n) is 5.22. The SMILES string of the molecule is CCOc1ccccc1/C=C/C(=O)NCc1cccc(C(F)(F)F)c1. The van der Waals surface area contributed by atoms with E-state index >= 15 is 0 Å². The summed E-state index contributed by atoms with van der Waals surface area (Å²) in [5.41, 5.74) is 0.394. The van der Waals surface area contributed by atoms with Crippen molar-refractivity contribution in [2.75, 3.05) is 6.61 Å². The van der Waals surface area contributed by atoms with Crippen LogP contribution in [0, 0.1) is 0 Å². The van der Waals surface area contributed by atoms with Gasteiger partial charge >= 0.3 is 6.18 Å². The Bertz CT molecular complexity index is 754. The minimum atomic E-state index is -4.40. The first-order valence-electron chi connectivity index (χ1n) is 7.74. The summed E-state index contributed by atoms with van der Waals surface area (Å²) < 4.78 is 43.5. The molecule has 2 aromatic carbocycles. The molecular weight excluding hydrogens is 331 g/mol. The summed E-state index contributed by atoms with van der Waals surface area (Å²) in [5, 5.41) is 2.57. The number of nitrogens with one attached hydrogen (secondary N) is 1. The standard InChI is InChI=1S/C19H18F3NO2/c1-2-25-17-9-4-3-7-15(17)10-11-18(24)23-13-14-6-5-8-16(12-14)19(20,21)22/h3-12H,2,13H2,1H3,(H,23,24)/b11-10+. The minimum absolute atomic E-state index is 0.0141. The largest absolute Gasteiger partial charge is 0.493 e. The Morgan fingerprint density at radius 1 is 1.16 bits per heavy atom. The number of para-hydroxylation sites is 1. The van der Waals surface area contributed by atoms with E-state index in [-0.39, 0.29) is 6.54 Å². The van der Waals surface area contributed by atoms with Crippen LogP contribution in [0.3, 0.4) is 0 Å². The maximum absolute atomic E-state index is 12.7. The average Bonchev–Trinajstić information content (AvgIpc) is 2.59. The van der Waals surface area contributed by atoms with Gasteiger partial charge < -0.3 is 10.1 Å². The van der Waals surface area contributed by atoms with Crippen LogP contribution in [0.1, 0.15) is 23.6 Å². The van der Waals surface area contributed by atoms with Crippen LogP contribution < -0.4 is 10.1 Å². The van der Waals surface area contributed by atoms with Gasteiger partial charge in [0.25, 0.3) is 0 Å². The van der Waals surface area contributed by atoms with E-state index in [9.17, 15) is 18.0 Å². The lowest BCUT2D eigenvalue weighted by molar-refractivity contribution is -0.137. The molecule has 0 saturated carbocycles. The molecule has 0 saturated heterocycles. The summed E-state index contributed by atoms with van der Waals surface area (Å²) >= 11 is 0. The van der Waals surface area contributed by atoms with Crippen molar-refractivity contribution >= 4 is 12.0 Å². The molecule has 1 amide bonds. The Morgan fingerprint density at radius 2 is 1.92 bits per heavy atom. The Balaban J connectivity index is 1.97. The molecule has 6 heteroatoms. The number of hydrogen-bond acceptors (Lipinski definition) is 2. The maximum atomic E-state index is 12.7. The summed E-state index contributed by atoms with van der Waals surface area (Å²) in [5.74, 6) is 0.260. The van der Waals surface area contributed by atoms with E-state index in [0.29, 0.717) is 17.9 Å². The Morgan fingerprint density at radius 3 is 2.64 bits per heavy atom. The number of amides is 1. The predicted molar refractivity (Wildman–Crippen MR) is 89.9 cm³/mol. The summed E-state index contributed by atoms with van der Waals surface area (Å²) in [6.07, 6.45) is -1.47. The third kappa shape index (κ3) is 5.67. The van der Waals surface area contributed by atoms with Gasteiger partial charge in [0.1, 0.15) is 5.75 Å². The third-order valence-electron chi connectivity index (χ3n) is 3.35. The van der Waals surface area contributed by atoms with Crippen LogP contribution in [0.25, 0.3) is 6.08 Å². The molecule has 0 spiro atoms. The zero-order chi connectivity index (χ0) is 18.3. The second kappa shape index (κ2) is 8.37. The molecule has 0 unspecified atom stereocenters. The summed E-state index contributed by atoms with van der Waals surface area (Å²) in [6.45, 7) is 2.38. The minimum Gasteiger partial charge on any atom is -0.493 e. The number of carbonyl (C=O) groups excluding carboxylic acids is 1. The monoisotopic (exact) mass is 349 g/mol. The molecule has 0 bridgehead atoms. The molecule has 2 rings (SSSR count). The fraction of sp³-hybridized carbons (Fsp3) is 0.211. The van der Waals surface area contributed by atoms with Crippen LogP contribution in [0.2, 0.25) is 0 Å². The van der Waals surface area contributed by atoms with Gasteiger partial charge in [0, 0.05) is 18.2 Å². The van der Waals surface area contributed by atoms with Gasteiger partial charge in [-0.2, -0.15) is 13.2 Å². The predicted octanol–water partition coefficient (Wildman–Crippen LogP) is 4.43. The van der Waals surface area contributed by atoms with Crippen molar-refractivity contribution < 1.29 is 22.7 Å². The quantitative estimate of drug-likeness (QED) is 0.784. The first-order valence-corrected chi connectivity index (χ1v) is 7.74. The van der Waals surface area contributed by atoms with Crippen LogP contribution in [0.5, 0.6) is 5.75 Å². The topological polar surface area (TPSA) is 38.3 Å². The van der Waals surface area contributed by atoms with Crippen molar-refractivity contribution in [3.05, 3.63) is 71.3 Å². The summed E-state index contributed by atoms with van der Waals surface area (Å²) in [4.78, 5) is 11.9. The van der Waals surface area contributed by atoms with Crippen LogP contribution in [0.15, 0.2) is 54.6 Å². The first-order chi connectivity index (χ1) is 11.9. The molecule has 132 valence electrons. The third-order valence-corrected chi connectivity index (χ3v) is 3.35. The summed E-state index contributed by atoms with van der Waals surface area (Å²) in [6, 6.07) is 12.1. The highest BCUT2D eigenvalue weighted by Gasteiger charge is 2.30. The van der Waals surface area contributed by atoms with E-state index in [2.05, 4.69) is 5.32 Å². The van der Waals surface area contributed by atoms with Gasteiger partial charge in [0.05, 0.1) is 12.2 Å². The molecule has 1 N–H and O–H groups in total. The zero-order valence-corrected chi connectivity index (χ0v) is 13.6. The van der Waals surface area contributed by atoms with Gasteiger partial charge in [-0.15, -0.1) is 0 Å². The van der Waals surface area contributed by atoms with Crippen LogP contribution in [-0.2, 0) is 17.5 Å². The van der Waals surface area contributed by atoms with Crippen molar-refractivity contribution in [1.82, 2.24) is 5.32 Å². The highest BCUT2D eigenvalue weighted by atomic mass is 19.4. The van der Waals surface area contributed by atoms with Crippen molar-refractivity contribution in [2.24, 2.45) is 0 Å². The lowest BCUT2D eigenvalue weighted by atomic mass is 10.1. The van der Waals surface area contributed by atoms with Gasteiger partial charge in [-0.1, -0.05) is 30.3 Å². The molecule has 0 aliphatic carbocycles. The van der Waals surface area contributed by atoms with Gasteiger partial charge in [-0.25, -0.2) is 0 Å². The maximum Gasteiger partial charge on any atom is 0.416 e. The van der Waals surface area contributed by atoms with Crippen molar-refractivity contribution in [2.45, 2.75) is 19.6 Å². The smallest absolute Gasteiger partial charge is 0.416 e. The van der Waals surface area contributed by atoms with Crippen molar-refractivity contribution in [3.63, 3.8) is 0 Å². The van der Waals surface area contributed by atoms with Gasteiger partial charge in [-0.3, -0.25) is 4.79 Å². The van der Waals surface area contributed by atoms with E-state index < -0.39 is 17.6 Å². The van der Waals surface area contributed by atoms with Crippen LogP contribution >= 0.6 is 0 Å². The Kier molecular flexibility index (Phi) is 6.22. The van der Waals surface area contributed by atoms with Gasteiger partial charge in [0.15, 0.2) is 0 Å². The molecule has 0 radical (unpaired) electrons. The normalized spacial score (nSPS) is 11.5. The molecule has 0 aromatic heterocycles. The molecule has 0 aliphatic heterocycles. The fourth-order valence-corrected chi connectivity index (χ4v) is 2.18. The number of alkyl halides is 3. The van der Waals surface area contributed by atoms with Gasteiger partial charge in [0.2, 0.25) is 5.91 Å². The van der Waals surface area contributed by atoms with Crippen LogP contribution in [0.4, 0.5) is 13.2 Å². The lowest BCUT2D eigenvalue weighted by Gasteiger charge is -2.09. The Hall–Kier alpha value is -2.76. The van der Waals surface area contributed by atoms with Crippen LogP contribution in [-0.4, -0.2) is 12.5 Å². The molecule has 0 fully saturated rings. The Labute approximate surface area is 144 Å². The fourth-order valence-electron chi connectivity index (χ4n) is 2.18. The highest BCUT2D eigenvalue weighted by molar-refractivity contribution is 5.92. The number of carbonyl (C=O) groups is 1. The molecule has 2 aromatic rings. The van der Waals surface area contributed by atoms with E-state index in [1.54, 1.807) is 12.1 Å². The highest BCUT2D eigenvalue weighted by Crippen LogP contribution is 2.29. The lowest BCUT2D eigenvalue weighted by Crippen LogP contribution is -2.20. The van der Waals surface area contributed by atoms with E-state index in [1.807, 2.05) is 25.1 Å². The number of rotatable bonds is 6.